The average molecular weight is 316 g/mol. The fourth-order valence-corrected chi connectivity index (χ4v) is 2.74. The average Bonchev–Trinajstić information content (AvgIpc) is 2.97. The van der Waals surface area contributed by atoms with Crippen molar-refractivity contribution in [2.45, 2.75) is 12.8 Å². The van der Waals surface area contributed by atoms with Gasteiger partial charge in [-0.15, -0.1) is 0 Å². The molecule has 0 spiro atoms. The summed E-state index contributed by atoms with van der Waals surface area (Å²) >= 11 is 0. The predicted molar refractivity (Wildman–Crippen MR) is 86.6 cm³/mol. The van der Waals surface area contributed by atoms with E-state index in [4.69, 9.17) is 14.2 Å². The quantitative estimate of drug-likeness (QED) is 0.863. The second kappa shape index (κ2) is 6.83. The van der Waals surface area contributed by atoms with E-state index in [0.717, 1.165) is 24.2 Å². The SMILES string of the molecule is COc1ccc(/C=C2/N=C(C3CCOCC3)NC2=O)c(OC)c1. The molecule has 1 aromatic rings. The van der Waals surface area contributed by atoms with E-state index < -0.39 is 0 Å². The number of amides is 1. The molecule has 0 atom stereocenters. The first kappa shape index (κ1) is 15.6. The highest BCUT2D eigenvalue weighted by atomic mass is 16.5. The largest absolute Gasteiger partial charge is 0.497 e. The van der Waals surface area contributed by atoms with Gasteiger partial charge in [0.25, 0.3) is 5.91 Å². The van der Waals surface area contributed by atoms with E-state index in [2.05, 4.69) is 10.3 Å². The lowest BCUT2D eigenvalue weighted by molar-refractivity contribution is -0.115. The molecule has 6 heteroatoms. The number of carbonyl (C=O) groups excluding carboxylic acids is 1. The van der Waals surface area contributed by atoms with E-state index in [0.29, 0.717) is 30.4 Å². The molecule has 2 aliphatic heterocycles. The molecule has 1 amide bonds. The number of amidine groups is 1. The summed E-state index contributed by atoms with van der Waals surface area (Å²) in [6.45, 7) is 1.43. The van der Waals surface area contributed by atoms with Gasteiger partial charge in [-0.25, -0.2) is 4.99 Å². The maximum Gasteiger partial charge on any atom is 0.275 e. The van der Waals surface area contributed by atoms with E-state index in [1.165, 1.54) is 0 Å². The Hall–Kier alpha value is -2.34. The van der Waals surface area contributed by atoms with Crippen LogP contribution in [-0.4, -0.2) is 39.2 Å². The molecule has 0 aromatic heterocycles. The molecule has 1 N–H and O–H groups in total. The van der Waals surface area contributed by atoms with Crippen LogP contribution in [-0.2, 0) is 9.53 Å². The van der Waals surface area contributed by atoms with Crippen molar-refractivity contribution in [2.24, 2.45) is 10.9 Å². The first-order valence-corrected chi connectivity index (χ1v) is 7.62. The molecular formula is C17H20N2O4. The van der Waals surface area contributed by atoms with Crippen molar-refractivity contribution in [3.63, 3.8) is 0 Å². The number of hydrogen-bond acceptors (Lipinski definition) is 5. The van der Waals surface area contributed by atoms with Crippen LogP contribution in [0.2, 0.25) is 0 Å². The highest BCUT2D eigenvalue weighted by molar-refractivity contribution is 6.15. The summed E-state index contributed by atoms with van der Waals surface area (Å²) in [5.74, 6) is 2.17. The van der Waals surface area contributed by atoms with Crippen LogP contribution in [0.15, 0.2) is 28.9 Å². The monoisotopic (exact) mass is 316 g/mol. The number of aliphatic imine (C=N–C) groups is 1. The molecule has 1 aromatic carbocycles. The van der Waals surface area contributed by atoms with E-state index >= 15 is 0 Å². The standard InChI is InChI=1S/C17H20N2O4/c1-21-13-4-3-12(15(10-13)22-2)9-14-17(20)19-16(18-14)11-5-7-23-8-6-11/h3-4,9-11H,5-8H2,1-2H3,(H,18,19,20)/b14-9+. The third-order valence-electron chi connectivity index (χ3n) is 4.06. The minimum absolute atomic E-state index is 0.177. The molecule has 1 fully saturated rings. The van der Waals surface area contributed by atoms with Crippen LogP contribution in [0.25, 0.3) is 6.08 Å². The highest BCUT2D eigenvalue weighted by Gasteiger charge is 2.28. The third-order valence-corrected chi connectivity index (χ3v) is 4.06. The van der Waals surface area contributed by atoms with Crippen molar-refractivity contribution >= 4 is 17.8 Å². The van der Waals surface area contributed by atoms with E-state index in [1.54, 1.807) is 26.4 Å². The van der Waals surface area contributed by atoms with Gasteiger partial charge in [0.15, 0.2) is 0 Å². The van der Waals surface area contributed by atoms with Crippen LogP contribution >= 0.6 is 0 Å². The van der Waals surface area contributed by atoms with Crippen LogP contribution in [0.5, 0.6) is 11.5 Å². The van der Waals surface area contributed by atoms with E-state index in [1.807, 2.05) is 12.1 Å². The predicted octanol–water partition coefficient (Wildman–Crippen LogP) is 2.00. The number of ether oxygens (including phenoxy) is 3. The first-order chi connectivity index (χ1) is 11.2. The molecule has 122 valence electrons. The number of nitrogens with zero attached hydrogens (tertiary/aromatic N) is 1. The fourth-order valence-electron chi connectivity index (χ4n) is 2.74. The Balaban J connectivity index is 1.86. The number of benzene rings is 1. The minimum Gasteiger partial charge on any atom is -0.497 e. The zero-order chi connectivity index (χ0) is 16.2. The molecular weight excluding hydrogens is 296 g/mol. The zero-order valence-corrected chi connectivity index (χ0v) is 13.3. The van der Waals surface area contributed by atoms with Gasteiger partial charge in [0.2, 0.25) is 0 Å². The molecule has 0 saturated carbocycles. The summed E-state index contributed by atoms with van der Waals surface area (Å²) in [7, 11) is 3.18. The minimum atomic E-state index is -0.177. The van der Waals surface area contributed by atoms with Gasteiger partial charge in [-0.2, -0.15) is 0 Å². The van der Waals surface area contributed by atoms with Crippen molar-refractivity contribution in [3.05, 3.63) is 29.5 Å². The fraction of sp³-hybridized carbons (Fsp3) is 0.412. The Morgan fingerprint density at radius 2 is 2.04 bits per heavy atom. The van der Waals surface area contributed by atoms with Gasteiger partial charge in [0.05, 0.1) is 14.2 Å². The lowest BCUT2D eigenvalue weighted by atomic mass is 9.99. The number of methoxy groups -OCH3 is 2. The maximum absolute atomic E-state index is 12.2. The molecule has 0 unspecified atom stereocenters. The second-order valence-corrected chi connectivity index (χ2v) is 5.48. The van der Waals surface area contributed by atoms with Crippen LogP contribution in [0, 0.1) is 5.92 Å². The second-order valence-electron chi connectivity index (χ2n) is 5.48. The number of carbonyl (C=O) groups is 1. The van der Waals surface area contributed by atoms with Gasteiger partial charge < -0.3 is 19.5 Å². The summed E-state index contributed by atoms with van der Waals surface area (Å²) in [4.78, 5) is 16.6. The molecule has 23 heavy (non-hydrogen) atoms. The zero-order valence-electron chi connectivity index (χ0n) is 13.3. The molecule has 2 aliphatic rings. The first-order valence-electron chi connectivity index (χ1n) is 7.62. The number of hydrogen-bond donors (Lipinski definition) is 1. The molecule has 1 saturated heterocycles. The maximum atomic E-state index is 12.2. The van der Waals surface area contributed by atoms with Gasteiger partial charge in [-0.1, -0.05) is 0 Å². The van der Waals surface area contributed by atoms with Gasteiger partial charge in [0.1, 0.15) is 23.0 Å². The van der Waals surface area contributed by atoms with Crippen molar-refractivity contribution in [2.75, 3.05) is 27.4 Å². The van der Waals surface area contributed by atoms with Crippen LogP contribution in [0.1, 0.15) is 18.4 Å². The third kappa shape index (κ3) is 3.37. The summed E-state index contributed by atoms with van der Waals surface area (Å²) in [5.41, 5.74) is 1.19. The highest BCUT2D eigenvalue weighted by Crippen LogP contribution is 2.28. The van der Waals surface area contributed by atoms with Crippen molar-refractivity contribution in [1.29, 1.82) is 0 Å². The molecule has 3 rings (SSSR count). The van der Waals surface area contributed by atoms with E-state index in [9.17, 15) is 4.79 Å². The summed E-state index contributed by atoms with van der Waals surface area (Å²) in [6.07, 6.45) is 3.51. The molecule has 0 radical (unpaired) electrons. The summed E-state index contributed by atoms with van der Waals surface area (Å²) in [6, 6.07) is 5.45. The van der Waals surface area contributed by atoms with Gasteiger partial charge >= 0.3 is 0 Å². The van der Waals surface area contributed by atoms with Gasteiger partial charge in [-0.3, -0.25) is 4.79 Å². The topological polar surface area (TPSA) is 69.2 Å². The van der Waals surface area contributed by atoms with Gasteiger partial charge in [-0.05, 0) is 31.1 Å². The van der Waals surface area contributed by atoms with Crippen molar-refractivity contribution in [3.8, 4) is 11.5 Å². The van der Waals surface area contributed by atoms with Crippen LogP contribution < -0.4 is 14.8 Å². The Morgan fingerprint density at radius 3 is 2.74 bits per heavy atom. The molecule has 0 bridgehead atoms. The Labute approximate surface area is 135 Å². The molecule has 0 aliphatic carbocycles. The molecule has 2 heterocycles. The van der Waals surface area contributed by atoms with Crippen LogP contribution in [0.3, 0.4) is 0 Å². The number of nitrogens with one attached hydrogen (secondary N) is 1. The van der Waals surface area contributed by atoms with Gasteiger partial charge in [0, 0.05) is 30.8 Å². The van der Waals surface area contributed by atoms with Crippen molar-refractivity contribution < 1.29 is 19.0 Å². The Kier molecular flexibility index (Phi) is 4.62. The molecule has 6 nitrogen and oxygen atoms in total. The van der Waals surface area contributed by atoms with Crippen molar-refractivity contribution in [1.82, 2.24) is 5.32 Å². The Bertz CT molecular complexity index is 661. The smallest absolute Gasteiger partial charge is 0.275 e. The summed E-state index contributed by atoms with van der Waals surface area (Å²) in [5, 5.41) is 2.88. The van der Waals surface area contributed by atoms with E-state index in [-0.39, 0.29) is 11.8 Å². The Morgan fingerprint density at radius 1 is 1.26 bits per heavy atom. The normalized spacial score (nSPS) is 20.3. The van der Waals surface area contributed by atoms with Crippen LogP contribution in [0.4, 0.5) is 0 Å². The summed E-state index contributed by atoms with van der Waals surface area (Å²) < 4.78 is 15.9. The lowest BCUT2D eigenvalue weighted by Crippen LogP contribution is -2.33. The lowest BCUT2D eigenvalue weighted by Gasteiger charge is -2.21. The number of rotatable bonds is 4.